The minimum atomic E-state index is 0.453. The lowest BCUT2D eigenvalue weighted by Crippen LogP contribution is -2.16. The molecular weight excluding hydrogens is 304 g/mol. The maximum Gasteiger partial charge on any atom is 0.223 e. The smallest absolute Gasteiger partial charge is 0.223 e. The quantitative estimate of drug-likeness (QED) is 0.768. The summed E-state index contributed by atoms with van der Waals surface area (Å²) < 4.78 is 11.2. The Bertz CT molecular complexity index is 846. The first kappa shape index (κ1) is 14.9. The van der Waals surface area contributed by atoms with Gasteiger partial charge in [0.25, 0.3) is 0 Å². The maximum absolute atomic E-state index is 5.78. The van der Waals surface area contributed by atoms with E-state index in [1.165, 1.54) is 25.7 Å². The minimum absolute atomic E-state index is 0.453. The number of rotatable bonds is 4. The van der Waals surface area contributed by atoms with E-state index in [1.807, 2.05) is 32.0 Å². The second kappa shape index (κ2) is 6.11. The highest BCUT2D eigenvalue weighted by molar-refractivity contribution is 5.76. The highest BCUT2D eigenvalue weighted by atomic mass is 16.5. The van der Waals surface area contributed by atoms with Crippen LogP contribution in [0, 0.1) is 13.8 Å². The van der Waals surface area contributed by atoms with Crippen LogP contribution in [0.4, 0.5) is 5.95 Å². The zero-order valence-electron chi connectivity index (χ0n) is 13.9. The predicted octanol–water partition coefficient (Wildman–Crippen LogP) is 4.36. The van der Waals surface area contributed by atoms with E-state index in [9.17, 15) is 0 Å². The molecule has 6 nitrogen and oxygen atoms in total. The molecule has 0 atom stereocenters. The molecule has 3 heterocycles. The van der Waals surface area contributed by atoms with Crippen LogP contribution in [0.2, 0.25) is 0 Å². The van der Waals surface area contributed by atoms with Gasteiger partial charge in [-0.25, -0.2) is 9.97 Å². The van der Waals surface area contributed by atoms with E-state index in [4.69, 9.17) is 13.9 Å². The van der Waals surface area contributed by atoms with Crippen LogP contribution in [0.1, 0.15) is 37.1 Å². The second-order valence-corrected chi connectivity index (χ2v) is 6.32. The van der Waals surface area contributed by atoms with Crippen LogP contribution in [0.15, 0.2) is 33.3 Å². The molecule has 1 N–H and O–H groups in total. The maximum atomic E-state index is 5.78. The van der Waals surface area contributed by atoms with Crippen LogP contribution in [0.3, 0.4) is 0 Å². The molecule has 6 heteroatoms. The Morgan fingerprint density at radius 3 is 2.62 bits per heavy atom. The van der Waals surface area contributed by atoms with Gasteiger partial charge in [-0.2, -0.15) is 0 Å². The highest BCUT2D eigenvalue weighted by Crippen LogP contribution is 2.32. The Hall–Kier alpha value is -2.63. The summed E-state index contributed by atoms with van der Waals surface area (Å²) in [6.07, 6.45) is 6.63. The summed E-state index contributed by atoms with van der Waals surface area (Å²) in [6, 6.07) is 6.18. The van der Waals surface area contributed by atoms with Crippen molar-refractivity contribution >= 4 is 5.95 Å². The van der Waals surface area contributed by atoms with Gasteiger partial charge < -0.3 is 14.3 Å². The van der Waals surface area contributed by atoms with E-state index in [-0.39, 0.29) is 0 Å². The first-order chi connectivity index (χ1) is 11.7. The second-order valence-electron chi connectivity index (χ2n) is 6.32. The van der Waals surface area contributed by atoms with Gasteiger partial charge in [0.15, 0.2) is 11.5 Å². The molecule has 1 fully saturated rings. The molecule has 1 aliphatic carbocycles. The lowest BCUT2D eigenvalue weighted by Gasteiger charge is -2.13. The predicted molar refractivity (Wildman–Crippen MR) is 90.6 cm³/mol. The number of aryl methyl sites for hydroxylation is 2. The fourth-order valence-corrected chi connectivity index (χ4v) is 3.12. The molecular formula is C18H20N4O2. The number of anilines is 1. The lowest BCUT2D eigenvalue weighted by atomic mass is 10.1. The average molecular weight is 324 g/mol. The lowest BCUT2D eigenvalue weighted by molar-refractivity contribution is 0.427. The van der Waals surface area contributed by atoms with Crippen LogP contribution in [0.25, 0.3) is 22.8 Å². The summed E-state index contributed by atoms with van der Waals surface area (Å²) in [6.45, 7) is 3.81. The van der Waals surface area contributed by atoms with Gasteiger partial charge >= 0.3 is 0 Å². The molecule has 0 spiro atoms. The Kier molecular flexibility index (Phi) is 3.80. The van der Waals surface area contributed by atoms with E-state index in [1.54, 1.807) is 6.20 Å². The number of nitrogens with zero attached hydrogens (tertiary/aromatic N) is 3. The average Bonchev–Trinajstić information content (AvgIpc) is 3.30. The van der Waals surface area contributed by atoms with E-state index in [0.717, 1.165) is 22.7 Å². The molecule has 0 unspecified atom stereocenters. The number of hydrogen-bond acceptors (Lipinski definition) is 6. The molecule has 0 aromatic carbocycles. The summed E-state index contributed by atoms with van der Waals surface area (Å²) in [5.74, 6) is 2.82. The van der Waals surface area contributed by atoms with E-state index in [0.29, 0.717) is 23.5 Å². The fourth-order valence-electron chi connectivity index (χ4n) is 3.12. The zero-order chi connectivity index (χ0) is 16.5. The van der Waals surface area contributed by atoms with Crippen LogP contribution in [-0.2, 0) is 0 Å². The SMILES string of the molecule is Cc1cc(-c2cnc(NC3CCCC3)nc2-c2ccc(C)o2)on1. The third-order valence-electron chi connectivity index (χ3n) is 4.34. The van der Waals surface area contributed by atoms with Crippen LogP contribution in [-0.4, -0.2) is 21.2 Å². The monoisotopic (exact) mass is 324 g/mol. The van der Waals surface area contributed by atoms with Crippen molar-refractivity contribution in [3.63, 3.8) is 0 Å². The third kappa shape index (κ3) is 2.91. The van der Waals surface area contributed by atoms with Gasteiger partial charge in [0.2, 0.25) is 5.95 Å². The van der Waals surface area contributed by atoms with Gasteiger partial charge in [-0.3, -0.25) is 0 Å². The molecule has 0 amide bonds. The van der Waals surface area contributed by atoms with Gasteiger partial charge in [-0.15, -0.1) is 0 Å². The molecule has 124 valence electrons. The topological polar surface area (TPSA) is 77.0 Å². The van der Waals surface area contributed by atoms with Crippen LogP contribution in [0.5, 0.6) is 0 Å². The first-order valence-corrected chi connectivity index (χ1v) is 8.33. The standard InChI is InChI=1S/C18H20N4O2/c1-11-9-16(24-22-11)14-10-19-18(20-13-5-3-4-6-13)21-17(14)15-8-7-12(2)23-15/h7-10,13H,3-6H2,1-2H3,(H,19,20,21). The molecule has 0 bridgehead atoms. The molecule has 0 saturated heterocycles. The molecule has 3 aromatic rings. The van der Waals surface area contributed by atoms with Crippen molar-refractivity contribution in [2.45, 2.75) is 45.6 Å². The first-order valence-electron chi connectivity index (χ1n) is 8.33. The summed E-state index contributed by atoms with van der Waals surface area (Å²) in [7, 11) is 0. The summed E-state index contributed by atoms with van der Waals surface area (Å²) in [4.78, 5) is 9.17. The van der Waals surface area contributed by atoms with Gasteiger partial charge in [-0.1, -0.05) is 18.0 Å². The van der Waals surface area contributed by atoms with E-state index >= 15 is 0 Å². The number of nitrogens with one attached hydrogen (secondary N) is 1. The molecule has 0 radical (unpaired) electrons. The summed E-state index contributed by atoms with van der Waals surface area (Å²) >= 11 is 0. The summed E-state index contributed by atoms with van der Waals surface area (Å²) in [5.41, 5.74) is 2.32. The van der Waals surface area contributed by atoms with Crippen molar-refractivity contribution < 1.29 is 8.94 Å². The normalized spacial score (nSPS) is 15.1. The van der Waals surface area contributed by atoms with Crippen molar-refractivity contribution in [2.24, 2.45) is 0 Å². The molecule has 1 aliphatic rings. The van der Waals surface area contributed by atoms with Crippen LogP contribution >= 0.6 is 0 Å². The molecule has 0 aliphatic heterocycles. The minimum Gasteiger partial charge on any atom is -0.460 e. The Balaban J connectivity index is 1.75. The Morgan fingerprint density at radius 2 is 1.96 bits per heavy atom. The largest absolute Gasteiger partial charge is 0.460 e. The molecule has 1 saturated carbocycles. The molecule has 3 aromatic heterocycles. The van der Waals surface area contributed by atoms with Crippen molar-refractivity contribution in [2.75, 3.05) is 5.32 Å². The van der Waals surface area contributed by atoms with Gasteiger partial charge in [0.05, 0.1) is 11.3 Å². The van der Waals surface area contributed by atoms with Gasteiger partial charge in [0.1, 0.15) is 11.5 Å². The summed E-state index contributed by atoms with van der Waals surface area (Å²) in [5, 5.41) is 7.39. The Labute approximate surface area is 140 Å². The van der Waals surface area contributed by atoms with Crippen molar-refractivity contribution in [1.82, 2.24) is 15.1 Å². The van der Waals surface area contributed by atoms with Crippen molar-refractivity contribution in [3.8, 4) is 22.8 Å². The highest BCUT2D eigenvalue weighted by Gasteiger charge is 2.20. The number of hydrogen-bond donors (Lipinski definition) is 1. The van der Waals surface area contributed by atoms with Crippen molar-refractivity contribution in [3.05, 3.63) is 35.9 Å². The third-order valence-corrected chi connectivity index (χ3v) is 4.34. The number of aromatic nitrogens is 3. The zero-order valence-corrected chi connectivity index (χ0v) is 13.9. The van der Waals surface area contributed by atoms with E-state index in [2.05, 4.69) is 15.5 Å². The van der Waals surface area contributed by atoms with Gasteiger partial charge in [-0.05, 0) is 38.8 Å². The number of furan rings is 1. The van der Waals surface area contributed by atoms with Crippen molar-refractivity contribution in [1.29, 1.82) is 0 Å². The molecule has 24 heavy (non-hydrogen) atoms. The van der Waals surface area contributed by atoms with E-state index < -0.39 is 0 Å². The Morgan fingerprint density at radius 1 is 1.12 bits per heavy atom. The fraction of sp³-hybridized carbons (Fsp3) is 0.389. The van der Waals surface area contributed by atoms with Crippen LogP contribution < -0.4 is 5.32 Å². The van der Waals surface area contributed by atoms with Gasteiger partial charge in [0, 0.05) is 18.3 Å². The molecule has 4 rings (SSSR count).